The van der Waals surface area contributed by atoms with Crippen LogP contribution in [-0.2, 0) is 0 Å². The number of rotatable bonds is 5. The minimum atomic E-state index is -0.390. The second-order valence-corrected chi connectivity index (χ2v) is 7.43. The van der Waals surface area contributed by atoms with Gasteiger partial charge >= 0.3 is 0 Å². The molecule has 0 aliphatic heterocycles. The van der Waals surface area contributed by atoms with Gasteiger partial charge in [-0.25, -0.2) is 4.39 Å². The molecule has 2 N–H and O–H groups in total. The van der Waals surface area contributed by atoms with Gasteiger partial charge in [0.1, 0.15) is 11.5 Å². The fourth-order valence-corrected chi connectivity index (χ4v) is 4.27. The van der Waals surface area contributed by atoms with E-state index in [9.17, 15) is 14.0 Å². The summed E-state index contributed by atoms with van der Waals surface area (Å²) in [4.78, 5) is 24.9. The predicted molar refractivity (Wildman–Crippen MR) is 97.9 cm³/mol. The van der Waals surface area contributed by atoms with Gasteiger partial charge in [0.25, 0.3) is 11.8 Å². The summed E-state index contributed by atoms with van der Waals surface area (Å²) in [5.41, 5.74) is 1.16. The normalized spacial score (nSPS) is 24.2. The van der Waals surface area contributed by atoms with E-state index >= 15 is 0 Å². The van der Waals surface area contributed by atoms with E-state index in [1.807, 2.05) is 6.92 Å². The summed E-state index contributed by atoms with van der Waals surface area (Å²) in [5.74, 6) is 0.224. The van der Waals surface area contributed by atoms with Gasteiger partial charge < -0.3 is 10.6 Å². The van der Waals surface area contributed by atoms with Gasteiger partial charge in [-0.15, -0.1) is 0 Å². The maximum atomic E-state index is 13.6. The number of fused-ring (bicyclic) bond motifs is 1. The molecule has 1 aromatic carbocycles. The lowest BCUT2D eigenvalue weighted by Crippen LogP contribution is -2.31. The molecule has 3 atom stereocenters. The molecular weight excluding hydrogens is 347 g/mol. The Morgan fingerprint density at radius 2 is 1.96 bits per heavy atom. The summed E-state index contributed by atoms with van der Waals surface area (Å²) in [6.45, 7) is 1.83. The van der Waals surface area contributed by atoms with Gasteiger partial charge in [0.15, 0.2) is 5.69 Å². The Kier molecular flexibility index (Phi) is 4.45. The maximum absolute atomic E-state index is 13.6. The Morgan fingerprint density at radius 1 is 1.22 bits per heavy atom. The van der Waals surface area contributed by atoms with Crippen LogP contribution >= 0.6 is 0 Å². The molecule has 2 aliphatic rings. The third kappa shape index (κ3) is 3.22. The third-order valence-corrected chi connectivity index (χ3v) is 5.83. The van der Waals surface area contributed by atoms with Gasteiger partial charge in [-0.3, -0.25) is 14.3 Å². The van der Waals surface area contributed by atoms with Crippen molar-refractivity contribution in [3.8, 4) is 0 Å². The van der Waals surface area contributed by atoms with Crippen LogP contribution in [0.5, 0.6) is 0 Å². The van der Waals surface area contributed by atoms with E-state index in [2.05, 4.69) is 15.7 Å². The second-order valence-electron chi connectivity index (χ2n) is 7.43. The average Bonchev–Trinajstić information content (AvgIpc) is 3.07. The molecule has 7 heteroatoms. The number of nitrogens with one attached hydrogen (secondary N) is 2. The second kappa shape index (κ2) is 6.79. The first-order valence-corrected chi connectivity index (χ1v) is 9.37. The monoisotopic (exact) mass is 370 g/mol. The zero-order chi connectivity index (χ0) is 19.1. The SMILES string of the molecule is CNC(=O)c1cc(C(=O)NC2C3CCCC32)n(C(C)c2cccc(F)c2)n1. The van der Waals surface area contributed by atoms with Crippen molar-refractivity contribution in [2.24, 2.45) is 11.8 Å². The van der Waals surface area contributed by atoms with Crippen molar-refractivity contribution in [2.45, 2.75) is 38.3 Å². The maximum Gasteiger partial charge on any atom is 0.271 e. The highest BCUT2D eigenvalue weighted by atomic mass is 19.1. The number of hydrogen-bond donors (Lipinski definition) is 2. The van der Waals surface area contributed by atoms with Crippen LogP contribution in [0, 0.1) is 17.7 Å². The van der Waals surface area contributed by atoms with Crippen molar-refractivity contribution in [1.82, 2.24) is 20.4 Å². The van der Waals surface area contributed by atoms with Gasteiger partial charge in [0.2, 0.25) is 0 Å². The van der Waals surface area contributed by atoms with Gasteiger partial charge in [-0.2, -0.15) is 5.10 Å². The molecule has 1 heterocycles. The lowest BCUT2D eigenvalue weighted by atomic mass is 10.1. The Balaban J connectivity index is 1.63. The van der Waals surface area contributed by atoms with Gasteiger partial charge in [0, 0.05) is 19.2 Å². The van der Waals surface area contributed by atoms with Crippen molar-refractivity contribution in [3.63, 3.8) is 0 Å². The number of nitrogens with zero attached hydrogens (tertiary/aromatic N) is 2. The Morgan fingerprint density at radius 3 is 2.63 bits per heavy atom. The fraction of sp³-hybridized carbons (Fsp3) is 0.450. The van der Waals surface area contributed by atoms with E-state index in [0.29, 0.717) is 23.1 Å². The Hall–Kier alpha value is -2.70. The number of benzene rings is 1. The summed E-state index contributed by atoms with van der Waals surface area (Å²) in [7, 11) is 1.52. The molecule has 4 rings (SSSR count). The van der Waals surface area contributed by atoms with Crippen molar-refractivity contribution < 1.29 is 14.0 Å². The predicted octanol–water partition coefficient (Wildman–Crippen LogP) is 2.52. The lowest BCUT2D eigenvalue weighted by molar-refractivity contribution is 0.0931. The molecule has 142 valence electrons. The number of hydrogen-bond acceptors (Lipinski definition) is 3. The van der Waals surface area contributed by atoms with Crippen molar-refractivity contribution in [2.75, 3.05) is 7.05 Å². The number of halogens is 1. The third-order valence-electron chi connectivity index (χ3n) is 5.83. The molecule has 0 radical (unpaired) electrons. The lowest BCUT2D eigenvalue weighted by Gasteiger charge is -2.16. The molecule has 2 fully saturated rings. The van der Waals surface area contributed by atoms with Gasteiger partial charge in [-0.1, -0.05) is 18.6 Å². The average molecular weight is 370 g/mol. The van der Waals surface area contributed by atoms with E-state index in [0.717, 1.165) is 12.8 Å². The molecule has 3 unspecified atom stereocenters. The highest BCUT2D eigenvalue weighted by Crippen LogP contribution is 2.51. The van der Waals surface area contributed by atoms with Crippen LogP contribution in [0.4, 0.5) is 4.39 Å². The minimum Gasteiger partial charge on any atom is -0.354 e. The zero-order valence-electron chi connectivity index (χ0n) is 15.4. The van der Waals surface area contributed by atoms with E-state index < -0.39 is 6.04 Å². The topological polar surface area (TPSA) is 76.0 Å². The summed E-state index contributed by atoms with van der Waals surface area (Å²) in [6, 6.07) is 7.52. The molecule has 2 aliphatic carbocycles. The van der Waals surface area contributed by atoms with E-state index in [1.165, 1.54) is 36.3 Å². The summed E-state index contributed by atoms with van der Waals surface area (Å²) in [5, 5.41) is 9.95. The molecule has 0 bridgehead atoms. The Bertz CT molecular complexity index is 884. The standard InChI is InChI=1S/C20H23FN4O2/c1-11(12-5-3-6-13(21)9-12)25-17(10-16(24-25)19(26)22-2)20(27)23-18-14-7-4-8-15(14)18/h3,5-6,9-11,14-15,18H,4,7-8H2,1-2H3,(H,22,26)(H,23,27). The molecule has 0 saturated heterocycles. The summed E-state index contributed by atoms with van der Waals surface area (Å²) in [6.07, 6.45) is 3.56. The van der Waals surface area contributed by atoms with E-state index in [1.54, 1.807) is 12.1 Å². The van der Waals surface area contributed by atoms with Crippen LogP contribution in [0.15, 0.2) is 30.3 Å². The van der Waals surface area contributed by atoms with Crippen molar-refractivity contribution in [3.05, 3.63) is 53.1 Å². The van der Waals surface area contributed by atoms with Crippen LogP contribution in [0.3, 0.4) is 0 Å². The summed E-state index contributed by atoms with van der Waals surface area (Å²) < 4.78 is 15.1. The molecule has 0 spiro atoms. The number of carbonyl (C=O) groups is 2. The van der Waals surface area contributed by atoms with Crippen LogP contribution in [0.2, 0.25) is 0 Å². The van der Waals surface area contributed by atoms with E-state index in [4.69, 9.17) is 0 Å². The van der Waals surface area contributed by atoms with Gasteiger partial charge in [0.05, 0.1) is 6.04 Å². The first-order valence-electron chi connectivity index (χ1n) is 9.37. The minimum absolute atomic E-state index is 0.168. The molecule has 2 saturated carbocycles. The summed E-state index contributed by atoms with van der Waals surface area (Å²) >= 11 is 0. The molecule has 27 heavy (non-hydrogen) atoms. The zero-order valence-corrected chi connectivity index (χ0v) is 15.4. The van der Waals surface area contributed by atoms with Crippen LogP contribution in [0.1, 0.15) is 58.8 Å². The van der Waals surface area contributed by atoms with Crippen LogP contribution in [0.25, 0.3) is 0 Å². The molecule has 6 nitrogen and oxygen atoms in total. The number of aromatic nitrogens is 2. The molecule has 2 amide bonds. The van der Waals surface area contributed by atoms with Crippen molar-refractivity contribution in [1.29, 1.82) is 0 Å². The smallest absolute Gasteiger partial charge is 0.271 e. The largest absolute Gasteiger partial charge is 0.354 e. The number of carbonyl (C=O) groups excluding carboxylic acids is 2. The molecule has 1 aromatic heterocycles. The van der Waals surface area contributed by atoms with E-state index in [-0.39, 0.29) is 29.4 Å². The number of amides is 2. The fourth-order valence-electron chi connectivity index (χ4n) is 4.27. The van der Waals surface area contributed by atoms with Crippen LogP contribution in [-0.4, -0.2) is 34.7 Å². The molecule has 2 aromatic rings. The van der Waals surface area contributed by atoms with Crippen LogP contribution < -0.4 is 10.6 Å². The molecular formula is C20H23FN4O2. The highest BCUT2D eigenvalue weighted by Gasteiger charge is 2.53. The van der Waals surface area contributed by atoms with Gasteiger partial charge in [-0.05, 0) is 49.3 Å². The Labute approximate surface area is 157 Å². The van der Waals surface area contributed by atoms with Crippen molar-refractivity contribution >= 4 is 11.8 Å². The first-order chi connectivity index (χ1) is 13.0. The first kappa shape index (κ1) is 17.7. The highest BCUT2D eigenvalue weighted by molar-refractivity contribution is 5.98. The quantitative estimate of drug-likeness (QED) is 0.849.